The molecule has 140 valence electrons. The fraction of sp³-hybridized carbons (Fsp3) is 0.588. The Kier molecular flexibility index (Phi) is 5.75. The van der Waals surface area contributed by atoms with Crippen LogP contribution in [0.1, 0.15) is 44.2 Å². The second kappa shape index (κ2) is 7.03. The van der Waals surface area contributed by atoms with Crippen molar-refractivity contribution in [3.8, 4) is 0 Å². The summed E-state index contributed by atoms with van der Waals surface area (Å²) in [6.07, 6.45) is -3.02. The third-order valence-electron chi connectivity index (χ3n) is 4.90. The first-order valence-electron chi connectivity index (χ1n) is 7.98. The zero-order valence-corrected chi connectivity index (χ0v) is 16.2. The van der Waals surface area contributed by atoms with Gasteiger partial charge in [-0.25, -0.2) is 0 Å². The number of carbonyl (C=O) groups excluding carboxylic acids is 1. The minimum atomic E-state index is -4.44. The van der Waals surface area contributed by atoms with Gasteiger partial charge in [-0.2, -0.15) is 13.2 Å². The zero-order chi connectivity index (χ0) is 19.0. The lowest BCUT2D eigenvalue weighted by molar-refractivity contribution is -0.146. The lowest BCUT2D eigenvalue weighted by atomic mass is 9.71. The van der Waals surface area contributed by atoms with Crippen LogP contribution in [0.5, 0.6) is 0 Å². The number of halogens is 4. The molecule has 2 rings (SSSR count). The Balaban J connectivity index is 2.18. The van der Waals surface area contributed by atoms with Crippen LogP contribution >= 0.6 is 22.6 Å². The van der Waals surface area contributed by atoms with Crippen molar-refractivity contribution in [2.75, 3.05) is 0 Å². The van der Waals surface area contributed by atoms with Crippen LogP contribution in [0.15, 0.2) is 18.2 Å². The second-order valence-electron chi connectivity index (χ2n) is 7.17. The normalized spacial score (nSPS) is 24.4. The van der Waals surface area contributed by atoms with E-state index in [0.29, 0.717) is 28.4 Å². The molecule has 0 saturated heterocycles. The summed E-state index contributed by atoms with van der Waals surface area (Å²) in [6.45, 7) is 3.10. The molecule has 0 heterocycles. The second-order valence-corrected chi connectivity index (χ2v) is 8.42. The van der Waals surface area contributed by atoms with Gasteiger partial charge < -0.3 is 16.2 Å². The van der Waals surface area contributed by atoms with E-state index < -0.39 is 22.8 Å². The molecule has 1 amide bonds. The summed E-state index contributed by atoms with van der Waals surface area (Å²) in [6, 6.07) is 3.50. The van der Waals surface area contributed by atoms with Gasteiger partial charge in [0.1, 0.15) is 0 Å². The summed E-state index contributed by atoms with van der Waals surface area (Å²) in [5.41, 5.74) is 3.24. The van der Waals surface area contributed by atoms with E-state index in [1.54, 1.807) is 19.9 Å². The van der Waals surface area contributed by atoms with E-state index in [4.69, 9.17) is 5.73 Å². The van der Waals surface area contributed by atoms with Gasteiger partial charge in [0.05, 0.1) is 16.6 Å². The zero-order valence-electron chi connectivity index (χ0n) is 14.1. The molecule has 1 aliphatic carbocycles. The van der Waals surface area contributed by atoms with E-state index in [0.717, 1.165) is 12.1 Å². The highest BCUT2D eigenvalue weighted by atomic mass is 127. The number of benzene rings is 1. The van der Waals surface area contributed by atoms with Crippen molar-refractivity contribution in [2.45, 2.75) is 57.5 Å². The number of rotatable bonds is 4. The Bertz CT molecular complexity index is 658. The number of hydrogen-bond donors (Lipinski definition) is 3. The van der Waals surface area contributed by atoms with Crippen LogP contribution in [-0.2, 0) is 17.5 Å². The lowest BCUT2D eigenvalue weighted by Gasteiger charge is -2.39. The van der Waals surface area contributed by atoms with E-state index in [1.165, 1.54) is 0 Å². The van der Waals surface area contributed by atoms with Crippen LogP contribution in [0, 0.1) is 8.99 Å². The first-order chi connectivity index (χ1) is 11.3. The molecule has 4 N–H and O–H groups in total. The molecule has 1 fully saturated rings. The van der Waals surface area contributed by atoms with E-state index in [9.17, 15) is 23.1 Å². The van der Waals surface area contributed by atoms with Crippen molar-refractivity contribution in [1.82, 2.24) is 5.32 Å². The minimum absolute atomic E-state index is 0.0359. The van der Waals surface area contributed by atoms with Gasteiger partial charge in [-0.1, -0.05) is 0 Å². The van der Waals surface area contributed by atoms with Gasteiger partial charge in [-0.3, -0.25) is 4.79 Å². The van der Waals surface area contributed by atoms with Crippen LogP contribution in [0.2, 0.25) is 0 Å². The molecule has 8 heteroatoms. The Hall–Kier alpha value is -0.870. The Morgan fingerprint density at radius 2 is 2.04 bits per heavy atom. The summed E-state index contributed by atoms with van der Waals surface area (Å²) in [4.78, 5) is 12.7. The van der Waals surface area contributed by atoms with Crippen molar-refractivity contribution in [3.63, 3.8) is 0 Å². The number of aliphatic hydroxyl groups is 1. The van der Waals surface area contributed by atoms with Gasteiger partial charge in [-0.15, -0.1) is 0 Å². The number of amides is 1. The first kappa shape index (κ1) is 20.4. The number of hydrogen-bond acceptors (Lipinski definition) is 3. The molecule has 2 atom stereocenters. The topological polar surface area (TPSA) is 75.3 Å². The van der Waals surface area contributed by atoms with Gasteiger partial charge in [0.25, 0.3) is 0 Å². The lowest BCUT2D eigenvalue weighted by Crippen LogP contribution is -2.53. The predicted octanol–water partition coefficient (Wildman–Crippen LogP) is 3.19. The minimum Gasteiger partial charge on any atom is -0.389 e. The molecule has 1 aromatic rings. The molecule has 1 saturated carbocycles. The first-order valence-corrected chi connectivity index (χ1v) is 9.06. The average molecular weight is 470 g/mol. The van der Waals surface area contributed by atoms with Gasteiger partial charge >= 0.3 is 6.18 Å². The van der Waals surface area contributed by atoms with Gasteiger partial charge in [-0.05, 0) is 79.5 Å². The molecular formula is C17H22F3IN2O2. The molecule has 0 aliphatic heterocycles. The summed E-state index contributed by atoms with van der Waals surface area (Å²) < 4.78 is 39.2. The standard InChI is InChI=1S/C17H22F3IN2O2/c1-15(2,25)16(4-3-13(22)8-16)14(24)23-9-10-5-11(17(18,19)20)7-12(21)6-10/h5-7,13,25H,3-4,8-9,22H2,1-2H3,(H,23,24)/t13?,16-/m1/s1. The maximum atomic E-state index is 12.9. The van der Waals surface area contributed by atoms with Crippen LogP contribution in [0.25, 0.3) is 0 Å². The smallest absolute Gasteiger partial charge is 0.389 e. The molecule has 25 heavy (non-hydrogen) atoms. The van der Waals surface area contributed by atoms with Crippen LogP contribution in [-0.4, -0.2) is 22.7 Å². The van der Waals surface area contributed by atoms with Crippen molar-refractivity contribution in [2.24, 2.45) is 11.1 Å². The highest BCUT2D eigenvalue weighted by Gasteiger charge is 2.53. The number of alkyl halides is 3. The fourth-order valence-corrected chi connectivity index (χ4v) is 4.13. The van der Waals surface area contributed by atoms with Crippen LogP contribution < -0.4 is 11.1 Å². The summed E-state index contributed by atoms with van der Waals surface area (Å²) in [5, 5.41) is 13.2. The quantitative estimate of drug-likeness (QED) is 0.592. The highest BCUT2D eigenvalue weighted by Crippen LogP contribution is 2.46. The molecule has 0 aromatic heterocycles. The summed E-state index contributed by atoms with van der Waals surface area (Å²) in [7, 11) is 0. The van der Waals surface area contributed by atoms with Crippen molar-refractivity contribution < 1.29 is 23.1 Å². The molecule has 1 unspecified atom stereocenters. The van der Waals surface area contributed by atoms with E-state index in [2.05, 4.69) is 5.32 Å². The van der Waals surface area contributed by atoms with Gasteiger partial charge in [0.2, 0.25) is 5.91 Å². The predicted molar refractivity (Wildman–Crippen MR) is 96.6 cm³/mol. The van der Waals surface area contributed by atoms with E-state index in [-0.39, 0.29) is 18.5 Å². The van der Waals surface area contributed by atoms with Crippen molar-refractivity contribution in [1.29, 1.82) is 0 Å². The summed E-state index contributed by atoms with van der Waals surface area (Å²) >= 11 is 1.82. The Morgan fingerprint density at radius 3 is 2.52 bits per heavy atom. The highest BCUT2D eigenvalue weighted by molar-refractivity contribution is 14.1. The maximum Gasteiger partial charge on any atom is 0.416 e. The van der Waals surface area contributed by atoms with Crippen molar-refractivity contribution >= 4 is 28.5 Å². The van der Waals surface area contributed by atoms with Crippen molar-refractivity contribution in [3.05, 3.63) is 32.9 Å². The maximum absolute atomic E-state index is 12.9. The molecule has 1 aromatic carbocycles. The molecule has 1 aliphatic rings. The van der Waals surface area contributed by atoms with Gasteiger partial charge in [0.15, 0.2) is 0 Å². The largest absolute Gasteiger partial charge is 0.416 e. The monoisotopic (exact) mass is 470 g/mol. The summed E-state index contributed by atoms with van der Waals surface area (Å²) in [5.74, 6) is -0.375. The molecule has 0 radical (unpaired) electrons. The molecule has 4 nitrogen and oxygen atoms in total. The number of nitrogens with two attached hydrogens (primary N) is 1. The Morgan fingerprint density at radius 1 is 1.40 bits per heavy atom. The SMILES string of the molecule is CC(C)(O)[C@]1(C(=O)NCc2cc(I)cc(C(F)(F)F)c2)CCC(N)C1. The molecule has 0 spiro atoms. The van der Waals surface area contributed by atoms with Crippen LogP contribution in [0.3, 0.4) is 0 Å². The van der Waals surface area contributed by atoms with E-state index in [1.807, 2.05) is 22.6 Å². The number of carbonyl (C=O) groups is 1. The van der Waals surface area contributed by atoms with Crippen LogP contribution in [0.4, 0.5) is 13.2 Å². The Labute approximate surface area is 158 Å². The van der Waals surface area contributed by atoms with Gasteiger partial charge in [0, 0.05) is 16.2 Å². The molecular weight excluding hydrogens is 448 g/mol. The molecule has 0 bridgehead atoms. The van der Waals surface area contributed by atoms with E-state index >= 15 is 0 Å². The fourth-order valence-electron chi connectivity index (χ4n) is 3.39. The third-order valence-corrected chi connectivity index (χ3v) is 5.52. The number of nitrogens with one attached hydrogen (secondary N) is 1. The third kappa shape index (κ3) is 4.46. The average Bonchev–Trinajstić information content (AvgIpc) is 2.86.